The van der Waals surface area contributed by atoms with E-state index in [2.05, 4.69) is 19.7 Å². The monoisotopic (exact) mass is 332 g/mol. The lowest BCUT2D eigenvalue weighted by atomic mass is 10.2. The maximum absolute atomic E-state index is 5.98. The molecule has 1 aliphatic rings. The van der Waals surface area contributed by atoms with E-state index >= 15 is 0 Å². The number of thioether (sulfide) groups is 1. The van der Waals surface area contributed by atoms with Gasteiger partial charge >= 0.3 is 0 Å². The Balaban J connectivity index is 1.47. The van der Waals surface area contributed by atoms with Gasteiger partial charge in [0.2, 0.25) is 11.8 Å². The van der Waals surface area contributed by atoms with E-state index in [1.165, 1.54) is 12.8 Å². The van der Waals surface area contributed by atoms with E-state index in [0.717, 1.165) is 10.7 Å². The van der Waals surface area contributed by atoms with Crippen LogP contribution in [0.2, 0.25) is 5.02 Å². The average Bonchev–Trinajstić information content (AvgIpc) is 3.08. The van der Waals surface area contributed by atoms with E-state index in [4.69, 9.17) is 16.0 Å². The molecular weight excluding hydrogens is 320 g/mol. The van der Waals surface area contributed by atoms with Crippen molar-refractivity contribution in [1.29, 1.82) is 0 Å². The van der Waals surface area contributed by atoms with Crippen molar-refractivity contribution in [3.63, 3.8) is 0 Å². The third-order valence-corrected chi connectivity index (χ3v) is 4.64. The van der Waals surface area contributed by atoms with E-state index in [-0.39, 0.29) is 0 Å². The first-order chi connectivity index (χ1) is 10.8. The molecule has 3 aromatic rings. The molecule has 5 nitrogen and oxygen atoms in total. The van der Waals surface area contributed by atoms with E-state index < -0.39 is 0 Å². The zero-order valence-corrected chi connectivity index (χ0v) is 13.2. The zero-order chi connectivity index (χ0) is 14.9. The molecule has 7 heteroatoms. The second-order valence-corrected chi connectivity index (χ2v) is 6.53. The summed E-state index contributed by atoms with van der Waals surface area (Å²) >= 11 is 7.59. The van der Waals surface area contributed by atoms with Gasteiger partial charge in [0.1, 0.15) is 0 Å². The molecule has 0 atom stereocenters. The summed E-state index contributed by atoms with van der Waals surface area (Å²) in [4.78, 5) is 4.39. The first kappa shape index (κ1) is 13.8. The molecule has 2 heterocycles. The first-order valence-corrected chi connectivity index (χ1v) is 8.40. The number of halogens is 1. The summed E-state index contributed by atoms with van der Waals surface area (Å²) in [5.74, 6) is 1.69. The largest absolute Gasteiger partial charge is 0.420 e. The zero-order valence-electron chi connectivity index (χ0n) is 11.6. The smallest absolute Gasteiger partial charge is 0.247 e. The van der Waals surface area contributed by atoms with Crippen LogP contribution in [0.3, 0.4) is 0 Å². The highest BCUT2D eigenvalue weighted by molar-refractivity contribution is 7.98. The predicted octanol–water partition coefficient (Wildman–Crippen LogP) is 4.21. The molecule has 22 heavy (non-hydrogen) atoms. The Morgan fingerprint density at radius 3 is 3.05 bits per heavy atom. The normalized spacial score (nSPS) is 14.4. The summed E-state index contributed by atoms with van der Waals surface area (Å²) in [5, 5.41) is 9.83. The van der Waals surface area contributed by atoms with E-state index in [0.29, 0.717) is 28.6 Å². The van der Waals surface area contributed by atoms with Crippen molar-refractivity contribution in [2.45, 2.75) is 29.8 Å². The molecule has 2 aromatic heterocycles. The number of rotatable bonds is 5. The van der Waals surface area contributed by atoms with Gasteiger partial charge in [0, 0.05) is 29.0 Å². The number of hydrogen-bond acceptors (Lipinski definition) is 5. The molecule has 0 radical (unpaired) electrons. The highest BCUT2D eigenvalue weighted by atomic mass is 35.5. The Morgan fingerprint density at radius 1 is 1.32 bits per heavy atom. The Bertz CT molecular complexity index is 796. The quantitative estimate of drug-likeness (QED) is 0.655. The fourth-order valence-electron chi connectivity index (χ4n) is 2.22. The van der Waals surface area contributed by atoms with Crippen LogP contribution in [0.5, 0.6) is 0 Å². The van der Waals surface area contributed by atoms with Crippen molar-refractivity contribution in [1.82, 2.24) is 19.7 Å². The third kappa shape index (κ3) is 2.89. The highest BCUT2D eigenvalue weighted by Crippen LogP contribution is 2.38. The van der Waals surface area contributed by atoms with Crippen LogP contribution in [0.1, 0.15) is 24.8 Å². The predicted molar refractivity (Wildman–Crippen MR) is 84.8 cm³/mol. The number of imidazole rings is 1. The Kier molecular flexibility index (Phi) is 3.63. The molecule has 1 fully saturated rings. The number of hydrogen-bond donors (Lipinski definition) is 0. The second-order valence-electron chi connectivity index (χ2n) is 5.15. The first-order valence-electron chi connectivity index (χ1n) is 7.03. The van der Waals surface area contributed by atoms with Gasteiger partial charge in [-0.05, 0) is 31.0 Å². The molecule has 0 bridgehead atoms. The summed E-state index contributed by atoms with van der Waals surface area (Å²) < 4.78 is 7.92. The van der Waals surface area contributed by atoms with Crippen LogP contribution in [-0.2, 0) is 5.75 Å². The summed E-state index contributed by atoms with van der Waals surface area (Å²) in [6, 6.07) is 8.01. The molecule has 0 aliphatic heterocycles. The van der Waals surface area contributed by atoms with Gasteiger partial charge in [0.25, 0.3) is 0 Å². The minimum atomic E-state index is 0.489. The van der Waals surface area contributed by atoms with Crippen LogP contribution in [0.25, 0.3) is 11.5 Å². The minimum absolute atomic E-state index is 0.489. The minimum Gasteiger partial charge on any atom is -0.420 e. The van der Waals surface area contributed by atoms with Crippen molar-refractivity contribution in [2.75, 3.05) is 0 Å². The van der Waals surface area contributed by atoms with Crippen molar-refractivity contribution in [3.8, 4) is 11.5 Å². The van der Waals surface area contributed by atoms with Gasteiger partial charge < -0.3 is 8.98 Å². The number of nitrogens with zero attached hydrogens (tertiary/aromatic N) is 4. The molecule has 0 amide bonds. The molecule has 112 valence electrons. The molecule has 0 unspecified atom stereocenters. The molecule has 0 spiro atoms. The van der Waals surface area contributed by atoms with E-state index in [1.54, 1.807) is 11.8 Å². The lowest BCUT2D eigenvalue weighted by Crippen LogP contribution is -1.94. The van der Waals surface area contributed by atoms with E-state index in [1.807, 2.05) is 36.7 Å². The lowest BCUT2D eigenvalue weighted by Gasteiger charge is -2.03. The Hall–Kier alpha value is -1.79. The lowest BCUT2D eigenvalue weighted by molar-refractivity contribution is 0.528. The number of benzene rings is 1. The van der Waals surface area contributed by atoms with Gasteiger partial charge in [-0.15, -0.1) is 10.2 Å². The van der Waals surface area contributed by atoms with Crippen molar-refractivity contribution in [2.24, 2.45) is 0 Å². The number of aromatic nitrogens is 4. The maximum Gasteiger partial charge on any atom is 0.247 e. The van der Waals surface area contributed by atoms with Gasteiger partial charge in [-0.25, -0.2) is 4.98 Å². The molecule has 1 aromatic carbocycles. The van der Waals surface area contributed by atoms with Crippen LogP contribution in [-0.4, -0.2) is 19.7 Å². The molecule has 0 N–H and O–H groups in total. The summed E-state index contributed by atoms with van der Waals surface area (Å²) in [6.45, 7) is 0. The second kappa shape index (κ2) is 5.78. The van der Waals surface area contributed by atoms with Crippen molar-refractivity contribution in [3.05, 3.63) is 47.6 Å². The molecule has 1 saturated carbocycles. The molecule has 0 saturated heterocycles. The fraction of sp³-hybridized carbons (Fsp3) is 0.267. The van der Waals surface area contributed by atoms with Crippen LogP contribution >= 0.6 is 23.4 Å². The fourth-order valence-corrected chi connectivity index (χ4v) is 3.27. The standard InChI is InChI=1S/C15H13ClN4OS/c16-11-3-1-2-10(8-11)14-19-18-13(21-14)9-22-15-17-6-7-20(15)12-4-5-12/h1-3,6-8,12H,4-5,9H2. The van der Waals surface area contributed by atoms with Gasteiger partial charge in [-0.1, -0.05) is 29.4 Å². The topological polar surface area (TPSA) is 56.7 Å². The molecule has 4 rings (SSSR count). The Morgan fingerprint density at radius 2 is 2.23 bits per heavy atom. The Labute approximate surface area is 136 Å². The van der Waals surface area contributed by atoms with Crippen LogP contribution in [0, 0.1) is 0 Å². The van der Waals surface area contributed by atoms with Gasteiger partial charge in [-0.3, -0.25) is 0 Å². The van der Waals surface area contributed by atoms with Crippen LogP contribution in [0.15, 0.2) is 46.2 Å². The highest BCUT2D eigenvalue weighted by Gasteiger charge is 2.25. The van der Waals surface area contributed by atoms with Gasteiger partial charge in [0.05, 0.1) is 5.75 Å². The van der Waals surface area contributed by atoms with Crippen LogP contribution in [0.4, 0.5) is 0 Å². The van der Waals surface area contributed by atoms with Crippen molar-refractivity contribution < 1.29 is 4.42 Å². The van der Waals surface area contributed by atoms with E-state index in [9.17, 15) is 0 Å². The summed E-state index contributed by atoms with van der Waals surface area (Å²) in [7, 11) is 0. The van der Waals surface area contributed by atoms with Gasteiger partial charge in [-0.2, -0.15) is 0 Å². The molecule has 1 aliphatic carbocycles. The third-order valence-electron chi connectivity index (χ3n) is 3.44. The summed E-state index contributed by atoms with van der Waals surface area (Å²) in [6.07, 6.45) is 6.35. The summed E-state index contributed by atoms with van der Waals surface area (Å²) in [5.41, 5.74) is 0.829. The average molecular weight is 333 g/mol. The van der Waals surface area contributed by atoms with Gasteiger partial charge in [0.15, 0.2) is 5.16 Å². The van der Waals surface area contributed by atoms with Crippen molar-refractivity contribution >= 4 is 23.4 Å². The maximum atomic E-state index is 5.98. The van der Waals surface area contributed by atoms with Crippen LogP contribution < -0.4 is 0 Å². The molecular formula is C15H13ClN4OS. The SMILES string of the molecule is Clc1cccc(-c2nnc(CSc3nccn3C3CC3)o2)c1.